The van der Waals surface area contributed by atoms with E-state index < -0.39 is 5.97 Å². The molecule has 0 unspecified atom stereocenters. The van der Waals surface area contributed by atoms with E-state index in [1.165, 1.54) is 13.0 Å². The minimum atomic E-state index is -0.948. The van der Waals surface area contributed by atoms with E-state index in [0.29, 0.717) is 23.0 Å². The highest BCUT2D eigenvalue weighted by atomic mass is 16.4. The molecule has 0 radical (unpaired) electrons. The average molecular weight is 220 g/mol. The molecule has 0 heterocycles. The Kier molecular flexibility index (Phi) is 3.94. The van der Waals surface area contributed by atoms with E-state index in [1.54, 1.807) is 12.1 Å². The Morgan fingerprint density at radius 1 is 1.31 bits per heavy atom. The fraction of sp³-hybridized carbons (Fsp3) is 0.250. The van der Waals surface area contributed by atoms with E-state index in [9.17, 15) is 14.4 Å². The first-order chi connectivity index (χ1) is 7.52. The molecule has 0 saturated heterocycles. The normalized spacial score (nSPS) is 9.81. The van der Waals surface area contributed by atoms with Crippen molar-refractivity contribution < 1.29 is 19.5 Å². The molecule has 0 atom stereocenters. The van der Waals surface area contributed by atoms with E-state index in [0.717, 1.165) is 0 Å². The van der Waals surface area contributed by atoms with Gasteiger partial charge in [0.15, 0.2) is 0 Å². The molecule has 16 heavy (non-hydrogen) atoms. The Bertz CT molecular complexity index is 435. The minimum absolute atomic E-state index is 0.0333. The summed E-state index contributed by atoms with van der Waals surface area (Å²) in [5.41, 5.74) is 1.58. The highest BCUT2D eigenvalue weighted by molar-refractivity contribution is 5.84. The van der Waals surface area contributed by atoms with Crippen LogP contribution in [0.15, 0.2) is 18.2 Å². The molecular weight excluding hydrogens is 208 g/mol. The third kappa shape index (κ3) is 3.31. The van der Waals surface area contributed by atoms with Gasteiger partial charge in [-0.1, -0.05) is 12.1 Å². The van der Waals surface area contributed by atoms with Gasteiger partial charge in [0.1, 0.15) is 12.1 Å². The van der Waals surface area contributed by atoms with Crippen molar-refractivity contribution in [2.75, 3.05) is 0 Å². The molecule has 0 bridgehead atoms. The smallest absolute Gasteiger partial charge is 0.307 e. The molecule has 0 fully saturated rings. The van der Waals surface area contributed by atoms with Crippen LogP contribution in [0.1, 0.15) is 28.4 Å². The van der Waals surface area contributed by atoms with Crippen LogP contribution in [-0.4, -0.2) is 23.1 Å². The maximum atomic E-state index is 10.9. The second kappa shape index (κ2) is 5.21. The molecule has 0 aliphatic rings. The second-order valence-electron chi connectivity index (χ2n) is 3.60. The Labute approximate surface area is 92.9 Å². The number of rotatable bonds is 5. The third-order valence-electron chi connectivity index (χ3n) is 2.13. The predicted molar refractivity (Wildman–Crippen MR) is 57.6 cm³/mol. The van der Waals surface area contributed by atoms with Crippen LogP contribution in [0.3, 0.4) is 0 Å². The number of carboxylic acid groups (broad SMARTS) is 1. The number of carbonyl (C=O) groups excluding carboxylic acids is 2. The molecule has 0 spiro atoms. The van der Waals surface area contributed by atoms with E-state index in [-0.39, 0.29) is 18.6 Å². The van der Waals surface area contributed by atoms with Crippen LogP contribution in [0, 0.1) is 0 Å². The number of carboxylic acids is 1. The first-order valence-corrected chi connectivity index (χ1v) is 4.81. The molecule has 1 N–H and O–H groups in total. The van der Waals surface area contributed by atoms with E-state index in [2.05, 4.69) is 0 Å². The van der Waals surface area contributed by atoms with Gasteiger partial charge in [-0.3, -0.25) is 14.4 Å². The van der Waals surface area contributed by atoms with Crippen molar-refractivity contribution in [2.24, 2.45) is 0 Å². The van der Waals surface area contributed by atoms with Gasteiger partial charge in [0.25, 0.3) is 0 Å². The third-order valence-corrected chi connectivity index (χ3v) is 2.13. The molecular formula is C12H12O4. The monoisotopic (exact) mass is 220 g/mol. The number of Topliss-reactive ketones (excluding diaryl/α,β-unsaturated/α-hetero) is 1. The molecule has 0 amide bonds. The van der Waals surface area contributed by atoms with Crippen molar-refractivity contribution in [3.8, 4) is 0 Å². The van der Waals surface area contributed by atoms with Crippen LogP contribution in [0.5, 0.6) is 0 Å². The van der Waals surface area contributed by atoms with Gasteiger partial charge in [-0.05, 0) is 24.1 Å². The standard InChI is InChI=1S/C12H12O4/c1-8(14)4-10-3-2-9(6-12(15)16)5-11(10)7-13/h2-3,5,7H,4,6H2,1H3,(H,15,16). The number of hydrogen-bond acceptors (Lipinski definition) is 3. The Morgan fingerprint density at radius 2 is 2.00 bits per heavy atom. The second-order valence-corrected chi connectivity index (χ2v) is 3.60. The molecule has 84 valence electrons. The van der Waals surface area contributed by atoms with Crippen LogP contribution < -0.4 is 0 Å². The van der Waals surface area contributed by atoms with Gasteiger partial charge in [0, 0.05) is 12.0 Å². The van der Waals surface area contributed by atoms with Crippen LogP contribution in [-0.2, 0) is 22.4 Å². The number of benzene rings is 1. The summed E-state index contributed by atoms with van der Waals surface area (Å²) >= 11 is 0. The zero-order valence-corrected chi connectivity index (χ0v) is 8.90. The van der Waals surface area contributed by atoms with Crippen molar-refractivity contribution in [3.05, 3.63) is 34.9 Å². The van der Waals surface area contributed by atoms with Crippen LogP contribution >= 0.6 is 0 Å². The van der Waals surface area contributed by atoms with Crippen LogP contribution in [0.4, 0.5) is 0 Å². The van der Waals surface area contributed by atoms with E-state index in [4.69, 9.17) is 5.11 Å². The first kappa shape index (κ1) is 12.1. The molecule has 1 aromatic carbocycles. The van der Waals surface area contributed by atoms with Crippen molar-refractivity contribution >= 4 is 18.0 Å². The van der Waals surface area contributed by atoms with Gasteiger partial charge in [-0.15, -0.1) is 0 Å². The van der Waals surface area contributed by atoms with Gasteiger partial charge in [0.2, 0.25) is 0 Å². The van der Waals surface area contributed by atoms with Gasteiger partial charge in [0.05, 0.1) is 6.42 Å². The Morgan fingerprint density at radius 3 is 2.50 bits per heavy atom. The lowest BCUT2D eigenvalue weighted by Gasteiger charge is -2.04. The summed E-state index contributed by atoms with van der Waals surface area (Å²) < 4.78 is 0. The predicted octanol–water partition coefficient (Wildman–Crippen LogP) is 1.26. The van der Waals surface area contributed by atoms with E-state index >= 15 is 0 Å². The highest BCUT2D eigenvalue weighted by Gasteiger charge is 2.07. The number of ketones is 1. The summed E-state index contributed by atoms with van der Waals surface area (Å²) in [6.07, 6.45) is 0.715. The zero-order valence-electron chi connectivity index (χ0n) is 8.90. The Hall–Kier alpha value is -1.97. The summed E-state index contributed by atoms with van der Waals surface area (Å²) in [6.45, 7) is 1.44. The molecule has 4 nitrogen and oxygen atoms in total. The topological polar surface area (TPSA) is 71.4 Å². The zero-order chi connectivity index (χ0) is 12.1. The van der Waals surface area contributed by atoms with Crippen molar-refractivity contribution in [1.82, 2.24) is 0 Å². The Balaban J connectivity index is 3.01. The molecule has 0 aromatic heterocycles. The molecule has 0 aliphatic carbocycles. The maximum absolute atomic E-state index is 10.9. The number of hydrogen-bond donors (Lipinski definition) is 1. The molecule has 4 heteroatoms. The number of carbonyl (C=O) groups is 3. The highest BCUT2D eigenvalue weighted by Crippen LogP contribution is 2.12. The average Bonchev–Trinajstić information content (AvgIpc) is 2.18. The lowest BCUT2D eigenvalue weighted by atomic mass is 9.99. The van der Waals surface area contributed by atoms with Crippen molar-refractivity contribution in [1.29, 1.82) is 0 Å². The quantitative estimate of drug-likeness (QED) is 0.758. The summed E-state index contributed by atoms with van der Waals surface area (Å²) in [5, 5.41) is 8.60. The van der Waals surface area contributed by atoms with Crippen molar-refractivity contribution in [2.45, 2.75) is 19.8 Å². The SMILES string of the molecule is CC(=O)Cc1ccc(CC(=O)O)cc1C=O. The lowest BCUT2D eigenvalue weighted by Crippen LogP contribution is -2.04. The first-order valence-electron chi connectivity index (χ1n) is 4.81. The van der Waals surface area contributed by atoms with Gasteiger partial charge < -0.3 is 5.11 Å². The van der Waals surface area contributed by atoms with Crippen LogP contribution in [0.2, 0.25) is 0 Å². The molecule has 1 rings (SSSR count). The number of aliphatic carboxylic acids is 1. The fourth-order valence-corrected chi connectivity index (χ4v) is 1.47. The maximum Gasteiger partial charge on any atom is 0.307 e. The summed E-state index contributed by atoms with van der Waals surface area (Å²) in [6, 6.07) is 4.77. The molecule has 0 aliphatic heterocycles. The summed E-state index contributed by atoms with van der Waals surface area (Å²) in [5.74, 6) is -0.981. The van der Waals surface area contributed by atoms with Crippen LogP contribution in [0.25, 0.3) is 0 Å². The number of aldehydes is 1. The van der Waals surface area contributed by atoms with Gasteiger partial charge in [-0.25, -0.2) is 0 Å². The summed E-state index contributed by atoms with van der Waals surface area (Å²) in [4.78, 5) is 32.2. The summed E-state index contributed by atoms with van der Waals surface area (Å²) in [7, 11) is 0. The van der Waals surface area contributed by atoms with Gasteiger partial charge in [-0.2, -0.15) is 0 Å². The molecule has 0 saturated carbocycles. The van der Waals surface area contributed by atoms with E-state index in [1.807, 2.05) is 0 Å². The van der Waals surface area contributed by atoms with Crippen molar-refractivity contribution in [3.63, 3.8) is 0 Å². The largest absolute Gasteiger partial charge is 0.481 e. The minimum Gasteiger partial charge on any atom is -0.481 e. The molecule has 1 aromatic rings. The lowest BCUT2D eigenvalue weighted by molar-refractivity contribution is -0.136. The fourth-order valence-electron chi connectivity index (χ4n) is 1.47. The van der Waals surface area contributed by atoms with Gasteiger partial charge >= 0.3 is 5.97 Å².